The molecule has 1 aromatic rings. The first-order chi connectivity index (χ1) is 9.16. The molecular weight excluding hydrogens is 238 g/mol. The van der Waals surface area contributed by atoms with E-state index in [4.69, 9.17) is 0 Å². The Morgan fingerprint density at radius 3 is 2.63 bits per heavy atom. The summed E-state index contributed by atoms with van der Waals surface area (Å²) in [6, 6.07) is 8.37. The number of para-hydroxylation sites is 1. The summed E-state index contributed by atoms with van der Waals surface area (Å²) in [7, 11) is 3.87. The van der Waals surface area contributed by atoms with Gasteiger partial charge < -0.3 is 10.2 Å². The second kappa shape index (κ2) is 4.53. The van der Waals surface area contributed by atoms with E-state index < -0.39 is 0 Å². The summed E-state index contributed by atoms with van der Waals surface area (Å²) in [6.45, 7) is 3.03. The number of fused-ring (bicyclic) bond motifs is 2. The molecule has 1 fully saturated rings. The van der Waals surface area contributed by atoms with E-state index in [-0.39, 0.29) is 11.4 Å². The highest BCUT2D eigenvalue weighted by molar-refractivity contribution is 5.95. The van der Waals surface area contributed by atoms with Crippen molar-refractivity contribution in [3.05, 3.63) is 29.8 Å². The molecule has 19 heavy (non-hydrogen) atoms. The molecule has 0 radical (unpaired) electrons. The number of nitrogens with zero attached hydrogens (tertiary/aromatic N) is 2. The summed E-state index contributed by atoms with van der Waals surface area (Å²) in [5.74, 6) is 0. The van der Waals surface area contributed by atoms with Crippen LogP contribution in [0.15, 0.2) is 24.3 Å². The standard InChI is InChI=1S/C15H21N3O/c1-16-14(19)18-11-15(7-9-17(2)10-8-15)12-5-3-4-6-13(12)18/h3-6H,7-11H2,1-2H3,(H,16,19). The Morgan fingerprint density at radius 1 is 1.26 bits per heavy atom. The highest BCUT2D eigenvalue weighted by Crippen LogP contribution is 2.46. The average molecular weight is 259 g/mol. The third-order valence-electron chi connectivity index (χ3n) is 4.63. The number of benzene rings is 1. The van der Waals surface area contributed by atoms with Gasteiger partial charge in [0.25, 0.3) is 0 Å². The Labute approximate surface area is 114 Å². The molecule has 2 amide bonds. The van der Waals surface area contributed by atoms with Gasteiger partial charge in [0.2, 0.25) is 0 Å². The maximum Gasteiger partial charge on any atom is 0.321 e. The van der Waals surface area contributed by atoms with Crippen molar-refractivity contribution in [3.8, 4) is 0 Å². The van der Waals surface area contributed by atoms with Gasteiger partial charge in [0.1, 0.15) is 0 Å². The van der Waals surface area contributed by atoms with Crippen LogP contribution in [0, 0.1) is 0 Å². The number of amides is 2. The fraction of sp³-hybridized carbons (Fsp3) is 0.533. The number of nitrogens with one attached hydrogen (secondary N) is 1. The van der Waals surface area contributed by atoms with E-state index in [0.717, 1.165) is 38.2 Å². The molecule has 0 unspecified atom stereocenters. The SMILES string of the molecule is CNC(=O)N1CC2(CCN(C)CC2)c2ccccc21. The minimum absolute atomic E-state index is 0.00301. The van der Waals surface area contributed by atoms with Gasteiger partial charge in [-0.1, -0.05) is 18.2 Å². The van der Waals surface area contributed by atoms with Crippen molar-refractivity contribution < 1.29 is 4.79 Å². The van der Waals surface area contributed by atoms with Gasteiger partial charge in [-0.25, -0.2) is 4.79 Å². The molecule has 1 N–H and O–H groups in total. The average Bonchev–Trinajstić information content (AvgIpc) is 2.77. The Bertz CT molecular complexity index is 492. The van der Waals surface area contributed by atoms with Crippen LogP contribution >= 0.6 is 0 Å². The Kier molecular flexibility index (Phi) is 2.97. The molecule has 2 aliphatic rings. The van der Waals surface area contributed by atoms with Crippen molar-refractivity contribution in [1.29, 1.82) is 0 Å². The number of rotatable bonds is 0. The van der Waals surface area contributed by atoms with E-state index in [1.807, 2.05) is 11.0 Å². The van der Waals surface area contributed by atoms with E-state index in [1.165, 1.54) is 5.56 Å². The number of anilines is 1. The van der Waals surface area contributed by atoms with Crippen LogP contribution in [-0.2, 0) is 5.41 Å². The normalized spacial score (nSPS) is 21.5. The highest BCUT2D eigenvalue weighted by Gasteiger charge is 2.45. The van der Waals surface area contributed by atoms with Crippen molar-refractivity contribution in [2.75, 3.05) is 38.6 Å². The summed E-state index contributed by atoms with van der Waals surface area (Å²) in [5, 5.41) is 2.76. The topological polar surface area (TPSA) is 35.6 Å². The fourth-order valence-electron chi connectivity index (χ4n) is 3.42. The van der Waals surface area contributed by atoms with Crippen LogP contribution in [0.1, 0.15) is 18.4 Å². The van der Waals surface area contributed by atoms with Gasteiger partial charge in [-0.2, -0.15) is 0 Å². The van der Waals surface area contributed by atoms with Gasteiger partial charge in [-0.15, -0.1) is 0 Å². The van der Waals surface area contributed by atoms with Gasteiger partial charge in [-0.3, -0.25) is 4.90 Å². The highest BCUT2D eigenvalue weighted by atomic mass is 16.2. The number of carbonyl (C=O) groups excluding carboxylic acids is 1. The van der Waals surface area contributed by atoms with Crippen LogP contribution in [-0.4, -0.2) is 44.7 Å². The van der Waals surface area contributed by atoms with Crippen LogP contribution in [0.2, 0.25) is 0 Å². The molecule has 0 aromatic heterocycles. The molecule has 2 heterocycles. The van der Waals surface area contributed by atoms with E-state index in [9.17, 15) is 4.79 Å². The first kappa shape index (κ1) is 12.5. The van der Waals surface area contributed by atoms with Crippen molar-refractivity contribution in [3.63, 3.8) is 0 Å². The first-order valence-electron chi connectivity index (χ1n) is 6.94. The molecule has 0 bridgehead atoms. The third kappa shape index (κ3) is 1.91. The van der Waals surface area contributed by atoms with E-state index in [0.29, 0.717) is 0 Å². The van der Waals surface area contributed by atoms with Crippen LogP contribution < -0.4 is 10.2 Å². The lowest BCUT2D eigenvalue weighted by Crippen LogP contribution is -2.46. The zero-order valence-electron chi connectivity index (χ0n) is 11.6. The van der Waals surface area contributed by atoms with Gasteiger partial charge in [0.15, 0.2) is 0 Å². The van der Waals surface area contributed by atoms with Crippen molar-refractivity contribution in [2.24, 2.45) is 0 Å². The number of hydrogen-bond acceptors (Lipinski definition) is 2. The first-order valence-corrected chi connectivity index (χ1v) is 6.94. The Hall–Kier alpha value is -1.55. The zero-order chi connectivity index (χ0) is 13.5. The molecule has 4 nitrogen and oxygen atoms in total. The molecule has 1 aromatic carbocycles. The lowest BCUT2D eigenvalue weighted by Gasteiger charge is -2.38. The van der Waals surface area contributed by atoms with Gasteiger partial charge in [0.05, 0.1) is 0 Å². The van der Waals surface area contributed by atoms with E-state index in [1.54, 1.807) is 7.05 Å². The second-order valence-corrected chi connectivity index (χ2v) is 5.74. The Morgan fingerprint density at radius 2 is 1.95 bits per heavy atom. The van der Waals surface area contributed by atoms with Crippen LogP contribution in [0.5, 0.6) is 0 Å². The van der Waals surface area contributed by atoms with Gasteiger partial charge in [0, 0.05) is 24.7 Å². The summed E-state index contributed by atoms with van der Waals surface area (Å²) < 4.78 is 0. The number of carbonyl (C=O) groups is 1. The van der Waals surface area contributed by atoms with Crippen molar-refractivity contribution in [1.82, 2.24) is 10.2 Å². The van der Waals surface area contributed by atoms with Crippen molar-refractivity contribution in [2.45, 2.75) is 18.3 Å². The number of likely N-dealkylation sites (tertiary alicyclic amines) is 1. The summed E-state index contributed by atoms with van der Waals surface area (Å²) in [4.78, 5) is 16.3. The second-order valence-electron chi connectivity index (χ2n) is 5.74. The third-order valence-corrected chi connectivity index (χ3v) is 4.63. The lowest BCUT2D eigenvalue weighted by molar-refractivity contribution is 0.195. The lowest BCUT2D eigenvalue weighted by atomic mass is 9.74. The number of hydrogen-bond donors (Lipinski definition) is 1. The molecule has 0 aliphatic carbocycles. The minimum atomic E-state index is 0.00301. The molecule has 0 atom stereocenters. The quantitative estimate of drug-likeness (QED) is 0.771. The fourth-order valence-corrected chi connectivity index (χ4v) is 3.42. The molecule has 2 aliphatic heterocycles. The molecular formula is C15H21N3O. The van der Waals surface area contributed by atoms with Crippen LogP contribution in [0.3, 0.4) is 0 Å². The maximum atomic E-state index is 12.1. The smallest absolute Gasteiger partial charge is 0.321 e. The summed E-state index contributed by atoms with van der Waals surface area (Å²) in [5.41, 5.74) is 2.61. The zero-order valence-corrected chi connectivity index (χ0v) is 11.6. The predicted octanol–water partition coefficient (Wildman–Crippen LogP) is 1.81. The molecule has 0 saturated carbocycles. The molecule has 4 heteroatoms. The van der Waals surface area contributed by atoms with Crippen LogP contribution in [0.4, 0.5) is 10.5 Å². The molecule has 102 valence electrons. The molecule has 3 rings (SSSR count). The monoisotopic (exact) mass is 259 g/mol. The summed E-state index contributed by atoms with van der Waals surface area (Å²) >= 11 is 0. The minimum Gasteiger partial charge on any atom is -0.341 e. The van der Waals surface area contributed by atoms with E-state index in [2.05, 4.69) is 35.5 Å². The van der Waals surface area contributed by atoms with Crippen molar-refractivity contribution >= 4 is 11.7 Å². The molecule has 1 saturated heterocycles. The van der Waals surface area contributed by atoms with Crippen LogP contribution in [0.25, 0.3) is 0 Å². The van der Waals surface area contributed by atoms with Gasteiger partial charge in [-0.05, 0) is 44.6 Å². The maximum absolute atomic E-state index is 12.1. The largest absolute Gasteiger partial charge is 0.341 e. The number of urea groups is 1. The molecule has 1 spiro atoms. The van der Waals surface area contributed by atoms with Gasteiger partial charge >= 0.3 is 6.03 Å². The summed E-state index contributed by atoms with van der Waals surface area (Å²) in [6.07, 6.45) is 2.27. The predicted molar refractivity (Wildman–Crippen MR) is 76.7 cm³/mol. The van der Waals surface area contributed by atoms with E-state index >= 15 is 0 Å². The number of piperidine rings is 1. The Balaban J connectivity index is 1.99.